The molecule has 25 heavy (non-hydrogen) atoms. The van der Waals surface area contributed by atoms with E-state index in [0.29, 0.717) is 28.3 Å². The minimum absolute atomic E-state index is 0.00910. The standard InChI is InChI=1S/C18H15Cl2FN2O2/c19-9-4-5-12-15(6-9)22-17(25)18(12)13(7-10(8-24)23-18)11-2-1-3-14(20)16(11)21/h1-6,10,13,23-24H,7-8H2,(H,22,25)/t10-,13-,18-/m1/s1. The van der Waals surface area contributed by atoms with Crippen molar-refractivity contribution in [3.8, 4) is 0 Å². The topological polar surface area (TPSA) is 61.4 Å². The number of nitrogens with one attached hydrogen (secondary N) is 2. The quantitative estimate of drug-likeness (QED) is 0.747. The summed E-state index contributed by atoms with van der Waals surface area (Å²) in [4.78, 5) is 13.0. The second-order valence-corrected chi connectivity index (χ2v) is 7.25. The molecule has 0 radical (unpaired) electrons. The van der Waals surface area contributed by atoms with Gasteiger partial charge in [-0.3, -0.25) is 10.1 Å². The molecule has 0 bridgehead atoms. The van der Waals surface area contributed by atoms with Crippen LogP contribution in [0.15, 0.2) is 36.4 Å². The Bertz CT molecular complexity index is 876. The van der Waals surface area contributed by atoms with Gasteiger partial charge in [0.2, 0.25) is 5.91 Å². The fraction of sp³-hybridized carbons (Fsp3) is 0.278. The summed E-state index contributed by atoms with van der Waals surface area (Å²) in [6, 6.07) is 9.56. The summed E-state index contributed by atoms with van der Waals surface area (Å²) in [7, 11) is 0. The molecule has 2 aromatic rings. The zero-order valence-corrected chi connectivity index (χ0v) is 14.5. The minimum atomic E-state index is -1.17. The highest BCUT2D eigenvalue weighted by atomic mass is 35.5. The molecule has 2 aromatic carbocycles. The number of anilines is 1. The molecule has 4 rings (SSSR count). The zero-order valence-electron chi connectivity index (χ0n) is 13.0. The second kappa shape index (κ2) is 5.95. The van der Waals surface area contributed by atoms with E-state index in [1.165, 1.54) is 6.07 Å². The molecule has 0 aromatic heterocycles. The van der Waals surface area contributed by atoms with E-state index in [1.807, 2.05) is 0 Å². The van der Waals surface area contributed by atoms with Gasteiger partial charge in [-0.2, -0.15) is 0 Å². The first-order valence-corrected chi connectivity index (χ1v) is 8.67. The van der Waals surface area contributed by atoms with Crippen molar-refractivity contribution in [1.29, 1.82) is 0 Å². The maximum Gasteiger partial charge on any atom is 0.250 e. The number of hydrogen-bond donors (Lipinski definition) is 3. The van der Waals surface area contributed by atoms with Crippen molar-refractivity contribution in [2.24, 2.45) is 0 Å². The van der Waals surface area contributed by atoms with Crippen LogP contribution in [0.1, 0.15) is 23.5 Å². The van der Waals surface area contributed by atoms with E-state index in [4.69, 9.17) is 23.2 Å². The number of aliphatic hydroxyl groups is 1. The Balaban J connectivity index is 1.92. The van der Waals surface area contributed by atoms with Gasteiger partial charge in [0.1, 0.15) is 11.4 Å². The number of hydrogen-bond acceptors (Lipinski definition) is 3. The number of carbonyl (C=O) groups is 1. The molecule has 2 heterocycles. The number of aliphatic hydroxyl groups excluding tert-OH is 1. The van der Waals surface area contributed by atoms with Crippen molar-refractivity contribution in [2.45, 2.75) is 23.9 Å². The molecular weight excluding hydrogens is 366 g/mol. The summed E-state index contributed by atoms with van der Waals surface area (Å²) in [6.45, 7) is -0.156. The third kappa shape index (κ3) is 2.38. The lowest BCUT2D eigenvalue weighted by Gasteiger charge is -2.30. The molecule has 7 heteroatoms. The van der Waals surface area contributed by atoms with E-state index in [9.17, 15) is 14.3 Å². The summed E-state index contributed by atoms with van der Waals surface area (Å²) in [5.41, 5.74) is 0.478. The Kier molecular flexibility index (Phi) is 4.00. The smallest absolute Gasteiger partial charge is 0.250 e. The summed E-state index contributed by atoms with van der Waals surface area (Å²) in [6.07, 6.45) is 0.406. The van der Waals surface area contributed by atoms with Crippen molar-refractivity contribution in [2.75, 3.05) is 11.9 Å². The Labute approximate surface area is 153 Å². The Morgan fingerprint density at radius 2 is 2.08 bits per heavy atom. The molecule has 0 aliphatic carbocycles. The van der Waals surface area contributed by atoms with Crippen LogP contribution in [0.4, 0.5) is 10.1 Å². The molecule has 0 unspecified atom stereocenters. The third-order valence-electron chi connectivity index (χ3n) is 5.06. The van der Waals surface area contributed by atoms with Crippen LogP contribution in [0.25, 0.3) is 0 Å². The predicted octanol–water partition coefficient (Wildman–Crippen LogP) is 3.42. The van der Waals surface area contributed by atoms with Crippen molar-refractivity contribution >= 4 is 34.8 Å². The molecule has 4 nitrogen and oxygen atoms in total. The van der Waals surface area contributed by atoms with Gasteiger partial charge in [0, 0.05) is 28.2 Å². The van der Waals surface area contributed by atoms with Crippen LogP contribution in [-0.4, -0.2) is 23.7 Å². The fourth-order valence-electron chi connectivity index (χ4n) is 4.01. The summed E-state index contributed by atoms with van der Waals surface area (Å²) < 4.78 is 14.7. The average Bonchev–Trinajstić information content (AvgIpc) is 3.10. The molecular formula is C18H15Cl2FN2O2. The number of carbonyl (C=O) groups excluding carboxylic acids is 1. The molecule has 2 aliphatic heterocycles. The largest absolute Gasteiger partial charge is 0.395 e. The Morgan fingerprint density at radius 3 is 2.84 bits per heavy atom. The highest BCUT2D eigenvalue weighted by Crippen LogP contribution is 2.52. The molecule has 1 saturated heterocycles. The lowest BCUT2D eigenvalue weighted by molar-refractivity contribution is -0.122. The van der Waals surface area contributed by atoms with Gasteiger partial charge in [-0.15, -0.1) is 0 Å². The van der Waals surface area contributed by atoms with Gasteiger partial charge in [0.25, 0.3) is 0 Å². The van der Waals surface area contributed by atoms with Crippen molar-refractivity contribution in [3.05, 3.63) is 63.4 Å². The van der Waals surface area contributed by atoms with Crippen LogP contribution in [0.2, 0.25) is 10.0 Å². The first-order valence-electron chi connectivity index (χ1n) is 7.91. The highest BCUT2D eigenvalue weighted by molar-refractivity contribution is 6.31. The van der Waals surface area contributed by atoms with Crippen LogP contribution < -0.4 is 10.6 Å². The Morgan fingerprint density at radius 1 is 1.28 bits per heavy atom. The van der Waals surface area contributed by atoms with Gasteiger partial charge in [0.05, 0.1) is 11.6 Å². The molecule has 0 saturated carbocycles. The molecule has 3 N–H and O–H groups in total. The van der Waals surface area contributed by atoms with Gasteiger partial charge >= 0.3 is 0 Å². The Hall–Kier alpha value is -1.66. The molecule has 3 atom stereocenters. The monoisotopic (exact) mass is 380 g/mol. The van der Waals surface area contributed by atoms with Crippen LogP contribution >= 0.6 is 23.2 Å². The van der Waals surface area contributed by atoms with Crippen LogP contribution in [0.3, 0.4) is 0 Å². The summed E-state index contributed by atoms with van der Waals surface area (Å²) in [5, 5.41) is 16.2. The van der Waals surface area contributed by atoms with Crippen molar-refractivity contribution in [3.63, 3.8) is 0 Å². The fourth-order valence-corrected chi connectivity index (χ4v) is 4.36. The van der Waals surface area contributed by atoms with Crippen molar-refractivity contribution in [1.82, 2.24) is 5.32 Å². The van der Waals surface area contributed by atoms with Gasteiger partial charge in [-0.1, -0.05) is 41.4 Å². The average molecular weight is 381 g/mol. The van der Waals surface area contributed by atoms with E-state index < -0.39 is 17.3 Å². The molecule has 1 spiro atoms. The van der Waals surface area contributed by atoms with E-state index >= 15 is 0 Å². The summed E-state index contributed by atoms with van der Waals surface area (Å²) in [5.74, 6) is -1.33. The number of fused-ring (bicyclic) bond motifs is 2. The van der Waals surface area contributed by atoms with Gasteiger partial charge < -0.3 is 10.4 Å². The normalized spacial score (nSPS) is 27.6. The van der Waals surface area contributed by atoms with Crippen molar-refractivity contribution < 1.29 is 14.3 Å². The van der Waals surface area contributed by atoms with E-state index in [0.717, 1.165) is 0 Å². The minimum Gasteiger partial charge on any atom is -0.395 e. The van der Waals surface area contributed by atoms with Gasteiger partial charge in [0.15, 0.2) is 0 Å². The van der Waals surface area contributed by atoms with Gasteiger partial charge in [-0.25, -0.2) is 4.39 Å². The molecule has 130 valence electrons. The maximum atomic E-state index is 14.7. The number of benzene rings is 2. The van der Waals surface area contributed by atoms with Crippen LogP contribution in [0, 0.1) is 5.82 Å². The number of halogens is 3. The van der Waals surface area contributed by atoms with Gasteiger partial charge in [-0.05, 0) is 30.2 Å². The van der Waals surface area contributed by atoms with E-state index in [-0.39, 0.29) is 23.6 Å². The predicted molar refractivity (Wildman–Crippen MR) is 94.5 cm³/mol. The first kappa shape index (κ1) is 16.8. The van der Waals surface area contributed by atoms with E-state index in [1.54, 1.807) is 30.3 Å². The third-order valence-corrected chi connectivity index (χ3v) is 5.59. The maximum absolute atomic E-state index is 14.7. The van der Waals surface area contributed by atoms with Crippen LogP contribution in [0.5, 0.6) is 0 Å². The number of amides is 1. The van der Waals surface area contributed by atoms with Crippen LogP contribution in [-0.2, 0) is 10.3 Å². The SMILES string of the molecule is O=C1Nc2cc(Cl)ccc2[C@]12N[C@@H](CO)C[C@@H]2c1cccc(Cl)c1F. The first-order chi connectivity index (χ1) is 12.0. The number of rotatable bonds is 2. The highest BCUT2D eigenvalue weighted by Gasteiger charge is 2.58. The molecule has 1 fully saturated rings. The molecule has 1 amide bonds. The lowest BCUT2D eigenvalue weighted by Crippen LogP contribution is -2.49. The van der Waals surface area contributed by atoms with E-state index in [2.05, 4.69) is 10.6 Å². The molecule has 2 aliphatic rings. The summed E-state index contributed by atoms with van der Waals surface area (Å²) >= 11 is 12.0. The lowest BCUT2D eigenvalue weighted by atomic mass is 9.76. The zero-order chi connectivity index (χ0) is 17.8. The second-order valence-electron chi connectivity index (χ2n) is 6.41.